The summed E-state index contributed by atoms with van der Waals surface area (Å²) in [7, 11) is 0. The smallest absolute Gasteiger partial charge is 0.291 e. The Bertz CT molecular complexity index is 770. The number of oxazole rings is 1. The number of piperidine rings is 1. The molecule has 0 radical (unpaired) electrons. The number of aryl methyl sites for hydroxylation is 2. The van der Waals surface area contributed by atoms with Gasteiger partial charge in [0.25, 0.3) is 11.8 Å². The van der Waals surface area contributed by atoms with Crippen LogP contribution in [0.4, 0.5) is 0 Å². The highest BCUT2D eigenvalue weighted by Gasteiger charge is 2.30. The molecule has 1 aromatic heterocycles. The van der Waals surface area contributed by atoms with Gasteiger partial charge in [0.2, 0.25) is 5.76 Å². The van der Waals surface area contributed by atoms with Crippen LogP contribution in [-0.2, 0) is 0 Å². The van der Waals surface area contributed by atoms with Crippen molar-refractivity contribution in [1.82, 2.24) is 15.2 Å². The number of carbonyl (C=O) groups excluding carboxylic acids is 2. The van der Waals surface area contributed by atoms with E-state index >= 15 is 0 Å². The second-order valence-corrected chi connectivity index (χ2v) is 6.71. The summed E-state index contributed by atoms with van der Waals surface area (Å²) in [6, 6.07) is 9.27. The molecule has 1 aliphatic rings. The van der Waals surface area contributed by atoms with E-state index in [2.05, 4.69) is 10.3 Å². The Morgan fingerprint density at radius 3 is 2.69 bits per heavy atom. The summed E-state index contributed by atoms with van der Waals surface area (Å²) in [5, 5.41) is 2.95. The van der Waals surface area contributed by atoms with E-state index in [4.69, 9.17) is 4.42 Å². The first kappa shape index (κ1) is 18.2. The molecule has 3 rings (SSSR count). The molecule has 1 saturated heterocycles. The molecule has 1 aromatic carbocycles. The molecule has 6 heteroatoms. The van der Waals surface area contributed by atoms with Crippen molar-refractivity contribution in [3.8, 4) is 0 Å². The number of carbonyl (C=O) groups is 2. The van der Waals surface area contributed by atoms with Gasteiger partial charge in [-0.15, -0.1) is 0 Å². The highest BCUT2D eigenvalue weighted by atomic mass is 16.4. The third kappa shape index (κ3) is 4.12. The van der Waals surface area contributed by atoms with E-state index in [1.807, 2.05) is 23.1 Å². The summed E-state index contributed by atoms with van der Waals surface area (Å²) in [6.07, 6.45) is 3.76. The number of likely N-dealkylation sites (tertiary alicyclic amines) is 1. The van der Waals surface area contributed by atoms with E-state index in [0.717, 1.165) is 32.2 Å². The fourth-order valence-corrected chi connectivity index (χ4v) is 3.47. The number of nitrogens with zero attached hydrogens (tertiary/aromatic N) is 2. The van der Waals surface area contributed by atoms with Crippen molar-refractivity contribution in [2.45, 2.75) is 45.6 Å². The van der Waals surface area contributed by atoms with Gasteiger partial charge in [-0.05, 0) is 44.7 Å². The van der Waals surface area contributed by atoms with Crippen LogP contribution in [0.25, 0.3) is 0 Å². The van der Waals surface area contributed by atoms with Crippen molar-refractivity contribution in [3.63, 3.8) is 0 Å². The number of hydrogen-bond donors (Lipinski definition) is 1. The summed E-state index contributed by atoms with van der Waals surface area (Å²) in [4.78, 5) is 31.1. The molecule has 2 amide bonds. The van der Waals surface area contributed by atoms with Crippen LogP contribution in [0, 0.1) is 13.8 Å². The van der Waals surface area contributed by atoms with Crippen molar-refractivity contribution in [3.05, 3.63) is 53.2 Å². The second kappa shape index (κ2) is 8.17. The minimum absolute atomic E-state index is 0.0824. The van der Waals surface area contributed by atoms with Crippen molar-refractivity contribution in [2.75, 3.05) is 13.1 Å². The molecule has 1 N–H and O–H groups in total. The van der Waals surface area contributed by atoms with E-state index in [-0.39, 0.29) is 17.9 Å². The Labute approximate surface area is 153 Å². The first-order valence-electron chi connectivity index (χ1n) is 9.14. The van der Waals surface area contributed by atoms with Gasteiger partial charge in [0.05, 0.1) is 5.69 Å². The van der Waals surface area contributed by atoms with Crippen LogP contribution >= 0.6 is 0 Å². The molecule has 1 aliphatic heterocycles. The molecule has 1 atom stereocenters. The summed E-state index contributed by atoms with van der Waals surface area (Å²) in [6.45, 7) is 4.80. The van der Waals surface area contributed by atoms with Crippen LogP contribution in [0.3, 0.4) is 0 Å². The Morgan fingerprint density at radius 1 is 1.23 bits per heavy atom. The van der Waals surface area contributed by atoms with Crippen LogP contribution < -0.4 is 5.32 Å². The third-order valence-electron chi connectivity index (χ3n) is 4.78. The number of amides is 2. The van der Waals surface area contributed by atoms with Crippen LogP contribution in [0.2, 0.25) is 0 Å². The van der Waals surface area contributed by atoms with E-state index in [9.17, 15) is 9.59 Å². The lowest BCUT2D eigenvalue weighted by Gasteiger charge is -2.35. The maximum atomic E-state index is 12.9. The number of hydrogen-bond acceptors (Lipinski definition) is 4. The van der Waals surface area contributed by atoms with Gasteiger partial charge in [-0.3, -0.25) is 9.59 Å². The number of rotatable bonds is 5. The van der Waals surface area contributed by atoms with Crippen molar-refractivity contribution in [2.24, 2.45) is 0 Å². The quantitative estimate of drug-likeness (QED) is 0.894. The predicted molar refractivity (Wildman–Crippen MR) is 98.0 cm³/mol. The van der Waals surface area contributed by atoms with Gasteiger partial charge in [-0.2, -0.15) is 0 Å². The average Bonchev–Trinajstić information content (AvgIpc) is 3.00. The molecule has 2 heterocycles. The lowest BCUT2D eigenvalue weighted by Crippen LogP contribution is -2.45. The lowest BCUT2D eigenvalue weighted by atomic mass is 9.98. The van der Waals surface area contributed by atoms with Crippen LogP contribution in [0.1, 0.15) is 58.2 Å². The monoisotopic (exact) mass is 355 g/mol. The Balaban J connectivity index is 1.59. The molecule has 2 aromatic rings. The normalized spacial score (nSPS) is 17.2. The van der Waals surface area contributed by atoms with E-state index in [1.54, 1.807) is 26.0 Å². The predicted octanol–water partition coefficient (Wildman–Crippen LogP) is 3.11. The number of nitrogens with one attached hydrogen (secondary N) is 1. The topological polar surface area (TPSA) is 75.4 Å². The van der Waals surface area contributed by atoms with Gasteiger partial charge in [-0.1, -0.05) is 18.2 Å². The molecule has 1 fully saturated rings. The van der Waals surface area contributed by atoms with Crippen molar-refractivity contribution >= 4 is 11.8 Å². The van der Waals surface area contributed by atoms with Gasteiger partial charge < -0.3 is 14.6 Å². The molecule has 0 aliphatic carbocycles. The largest absolute Gasteiger partial charge is 0.436 e. The van der Waals surface area contributed by atoms with Crippen LogP contribution in [0.15, 0.2) is 34.7 Å². The van der Waals surface area contributed by atoms with Gasteiger partial charge in [0.1, 0.15) is 0 Å². The number of aromatic nitrogens is 1. The number of benzene rings is 1. The van der Waals surface area contributed by atoms with Crippen LogP contribution in [-0.4, -0.2) is 40.8 Å². The van der Waals surface area contributed by atoms with E-state index < -0.39 is 0 Å². The summed E-state index contributed by atoms with van der Waals surface area (Å²) >= 11 is 0. The zero-order chi connectivity index (χ0) is 18.5. The third-order valence-corrected chi connectivity index (χ3v) is 4.78. The fraction of sp³-hybridized carbons (Fsp3) is 0.450. The lowest BCUT2D eigenvalue weighted by molar-refractivity contribution is 0.0567. The first-order chi connectivity index (χ1) is 12.6. The SMILES string of the molecule is Cc1nc(C)c(C(=O)N2CCCC[C@@H]2CCNC(=O)c2ccccc2)o1. The zero-order valence-electron chi connectivity index (χ0n) is 15.3. The zero-order valence-corrected chi connectivity index (χ0v) is 15.3. The van der Waals surface area contributed by atoms with Crippen molar-refractivity contribution < 1.29 is 14.0 Å². The molecule has 138 valence electrons. The summed E-state index contributed by atoms with van der Waals surface area (Å²) in [5.41, 5.74) is 1.28. The van der Waals surface area contributed by atoms with Gasteiger partial charge in [-0.25, -0.2) is 4.98 Å². The summed E-state index contributed by atoms with van der Waals surface area (Å²) < 4.78 is 5.51. The van der Waals surface area contributed by atoms with E-state index in [1.165, 1.54) is 0 Å². The maximum absolute atomic E-state index is 12.9. The van der Waals surface area contributed by atoms with Crippen LogP contribution in [0.5, 0.6) is 0 Å². The highest BCUT2D eigenvalue weighted by molar-refractivity contribution is 5.94. The molecule has 6 nitrogen and oxygen atoms in total. The van der Waals surface area contributed by atoms with Gasteiger partial charge in [0.15, 0.2) is 5.89 Å². The Morgan fingerprint density at radius 2 is 2.00 bits per heavy atom. The molecule has 0 bridgehead atoms. The Kier molecular flexibility index (Phi) is 5.71. The van der Waals surface area contributed by atoms with Gasteiger partial charge in [0, 0.05) is 31.6 Å². The molecular weight excluding hydrogens is 330 g/mol. The Hall–Kier alpha value is -2.63. The highest BCUT2D eigenvalue weighted by Crippen LogP contribution is 2.23. The maximum Gasteiger partial charge on any atom is 0.291 e. The van der Waals surface area contributed by atoms with Gasteiger partial charge >= 0.3 is 0 Å². The standard InChI is InChI=1S/C20H25N3O3/c1-14-18(26-15(2)22-14)20(25)23-13-7-6-10-17(23)11-12-21-19(24)16-8-4-3-5-9-16/h3-5,8-9,17H,6-7,10-13H2,1-2H3,(H,21,24)/t17-/m1/s1. The fourth-order valence-electron chi connectivity index (χ4n) is 3.47. The minimum Gasteiger partial charge on any atom is -0.436 e. The summed E-state index contributed by atoms with van der Waals surface area (Å²) in [5.74, 6) is 0.667. The molecule has 0 saturated carbocycles. The molecular formula is C20H25N3O3. The minimum atomic E-state index is -0.0952. The average molecular weight is 355 g/mol. The molecule has 0 spiro atoms. The molecule has 0 unspecified atom stereocenters. The second-order valence-electron chi connectivity index (χ2n) is 6.71. The molecule has 26 heavy (non-hydrogen) atoms. The first-order valence-corrected chi connectivity index (χ1v) is 9.14. The van der Waals surface area contributed by atoms with E-state index in [0.29, 0.717) is 29.5 Å². The van der Waals surface area contributed by atoms with Crippen molar-refractivity contribution in [1.29, 1.82) is 0 Å².